The van der Waals surface area contributed by atoms with Gasteiger partial charge in [0.1, 0.15) is 0 Å². The van der Waals surface area contributed by atoms with Gasteiger partial charge in [-0.1, -0.05) is 47.5 Å². The van der Waals surface area contributed by atoms with Gasteiger partial charge in [0.25, 0.3) is 0 Å². The van der Waals surface area contributed by atoms with Gasteiger partial charge in [-0.3, -0.25) is 0 Å². The molecule has 0 amide bonds. The van der Waals surface area contributed by atoms with E-state index >= 15 is 0 Å². The van der Waals surface area contributed by atoms with Crippen LogP contribution in [0, 0.1) is 13.8 Å². The van der Waals surface area contributed by atoms with Crippen LogP contribution in [0.4, 0.5) is 5.69 Å². The van der Waals surface area contributed by atoms with Crippen LogP contribution in [-0.4, -0.2) is 13.1 Å². The summed E-state index contributed by atoms with van der Waals surface area (Å²) in [6.07, 6.45) is 0. The molecule has 0 saturated carbocycles. The number of ether oxygens (including phenoxy) is 1. The van der Waals surface area contributed by atoms with E-state index in [2.05, 4.69) is 11.4 Å². The largest absolute Gasteiger partial charge is 0.467 e. The van der Waals surface area contributed by atoms with E-state index in [1.54, 1.807) is 0 Å². The first kappa shape index (κ1) is 15.1. The molecule has 2 aromatic carbocycles. The molecule has 0 aromatic heterocycles. The number of aryl methyl sites for hydroxylation is 2. The maximum absolute atomic E-state index is 12.4. The van der Waals surface area contributed by atoms with E-state index < -0.39 is 5.54 Å². The summed E-state index contributed by atoms with van der Waals surface area (Å²) in [5.41, 5.74) is 3.10. The van der Waals surface area contributed by atoms with Crippen molar-refractivity contribution in [3.63, 3.8) is 0 Å². The summed E-state index contributed by atoms with van der Waals surface area (Å²) < 4.78 is 5.02. The van der Waals surface area contributed by atoms with Crippen LogP contribution < -0.4 is 5.32 Å². The van der Waals surface area contributed by atoms with Crippen molar-refractivity contribution in [2.75, 3.05) is 12.4 Å². The topological polar surface area (TPSA) is 38.3 Å². The molecular weight excluding hydrogens is 262 g/mol. The second kappa shape index (κ2) is 6.00. The Kier molecular flexibility index (Phi) is 4.32. The first-order valence-corrected chi connectivity index (χ1v) is 6.96. The Morgan fingerprint density at radius 2 is 1.62 bits per heavy atom. The highest BCUT2D eigenvalue weighted by Crippen LogP contribution is 2.29. The number of nitrogens with one attached hydrogen (secondary N) is 1. The van der Waals surface area contributed by atoms with Gasteiger partial charge in [0.15, 0.2) is 5.54 Å². The Morgan fingerprint density at radius 3 is 2.14 bits per heavy atom. The maximum atomic E-state index is 12.4. The van der Waals surface area contributed by atoms with Crippen LogP contribution >= 0.6 is 0 Å². The van der Waals surface area contributed by atoms with Crippen molar-refractivity contribution in [3.05, 3.63) is 65.2 Å². The number of para-hydroxylation sites is 1. The van der Waals surface area contributed by atoms with Crippen molar-refractivity contribution in [2.24, 2.45) is 0 Å². The summed E-state index contributed by atoms with van der Waals surface area (Å²) in [4.78, 5) is 12.4. The minimum atomic E-state index is -0.924. The number of esters is 1. The monoisotopic (exact) mass is 283 g/mol. The van der Waals surface area contributed by atoms with Gasteiger partial charge in [-0.2, -0.15) is 0 Å². The van der Waals surface area contributed by atoms with Gasteiger partial charge in [-0.15, -0.1) is 0 Å². The lowest BCUT2D eigenvalue weighted by atomic mass is 9.89. The van der Waals surface area contributed by atoms with Crippen LogP contribution in [0.2, 0.25) is 0 Å². The Morgan fingerprint density at radius 1 is 1.05 bits per heavy atom. The lowest BCUT2D eigenvalue weighted by molar-refractivity contribution is -0.145. The zero-order chi connectivity index (χ0) is 15.5. The average Bonchev–Trinajstić information content (AvgIpc) is 2.46. The van der Waals surface area contributed by atoms with Gasteiger partial charge in [0, 0.05) is 5.69 Å². The smallest absolute Gasteiger partial charge is 0.335 e. The van der Waals surface area contributed by atoms with E-state index in [0.717, 1.165) is 22.4 Å². The molecule has 0 fully saturated rings. The molecule has 3 nitrogen and oxygen atoms in total. The number of carbonyl (C=O) groups excluding carboxylic acids is 1. The standard InChI is InChI=1S/C18H21NO2/c1-13-10-14(2)12-15(11-13)18(3,17(20)21-4)19-16-8-6-5-7-9-16/h5-12,19H,1-4H3. The Bertz CT molecular complexity index is 617. The number of rotatable bonds is 4. The lowest BCUT2D eigenvalue weighted by Crippen LogP contribution is -2.41. The van der Waals surface area contributed by atoms with Crippen molar-refractivity contribution >= 4 is 11.7 Å². The number of benzene rings is 2. The van der Waals surface area contributed by atoms with Crippen molar-refractivity contribution in [2.45, 2.75) is 26.3 Å². The van der Waals surface area contributed by atoms with Crippen molar-refractivity contribution in [1.29, 1.82) is 0 Å². The molecule has 110 valence electrons. The molecule has 0 heterocycles. The Balaban J connectivity index is 2.48. The van der Waals surface area contributed by atoms with Gasteiger partial charge < -0.3 is 10.1 Å². The molecule has 0 aliphatic heterocycles. The molecular formula is C18H21NO2. The second-order valence-electron chi connectivity index (χ2n) is 5.48. The van der Waals surface area contributed by atoms with Crippen molar-refractivity contribution in [3.8, 4) is 0 Å². The molecule has 3 heteroatoms. The van der Waals surface area contributed by atoms with Crippen LogP contribution in [0.5, 0.6) is 0 Å². The fraction of sp³-hybridized carbons (Fsp3) is 0.278. The third-order valence-corrected chi connectivity index (χ3v) is 3.56. The first-order chi connectivity index (χ1) is 9.95. The van der Waals surface area contributed by atoms with Gasteiger partial charge in [0.05, 0.1) is 7.11 Å². The van der Waals surface area contributed by atoms with E-state index in [0.29, 0.717) is 0 Å². The van der Waals surface area contributed by atoms with E-state index in [4.69, 9.17) is 4.74 Å². The van der Waals surface area contributed by atoms with Crippen LogP contribution in [0.1, 0.15) is 23.6 Å². The molecule has 1 N–H and O–H groups in total. The molecule has 2 rings (SSSR count). The molecule has 1 atom stereocenters. The molecule has 0 aliphatic carbocycles. The van der Waals surface area contributed by atoms with E-state index in [1.807, 2.05) is 63.2 Å². The summed E-state index contributed by atoms with van der Waals surface area (Å²) in [6, 6.07) is 15.8. The maximum Gasteiger partial charge on any atom is 0.335 e. The predicted molar refractivity (Wildman–Crippen MR) is 85.3 cm³/mol. The summed E-state index contributed by atoms with van der Waals surface area (Å²) in [7, 11) is 1.41. The number of hydrogen-bond acceptors (Lipinski definition) is 3. The number of methoxy groups -OCH3 is 1. The minimum Gasteiger partial charge on any atom is -0.467 e. The molecule has 0 aliphatic rings. The summed E-state index contributed by atoms with van der Waals surface area (Å²) in [6.45, 7) is 5.90. The van der Waals surface area contributed by atoms with Crippen molar-refractivity contribution < 1.29 is 9.53 Å². The van der Waals surface area contributed by atoms with Gasteiger partial charge >= 0.3 is 5.97 Å². The highest BCUT2D eigenvalue weighted by Gasteiger charge is 2.36. The van der Waals surface area contributed by atoms with Crippen LogP contribution in [0.3, 0.4) is 0 Å². The highest BCUT2D eigenvalue weighted by molar-refractivity contribution is 5.85. The second-order valence-corrected chi connectivity index (χ2v) is 5.48. The zero-order valence-corrected chi connectivity index (χ0v) is 12.9. The van der Waals surface area contributed by atoms with Crippen LogP contribution in [-0.2, 0) is 15.1 Å². The fourth-order valence-corrected chi connectivity index (χ4v) is 2.52. The molecule has 21 heavy (non-hydrogen) atoms. The first-order valence-electron chi connectivity index (χ1n) is 6.96. The lowest BCUT2D eigenvalue weighted by Gasteiger charge is -2.30. The number of carbonyl (C=O) groups is 1. The van der Waals surface area contributed by atoms with Gasteiger partial charge in [0.2, 0.25) is 0 Å². The fourth-order valence-electron chi connectivity index (χ4n) is 2.52. The molecule has 0 bridgehead atoms. The molecule has 1 unspecified atom stereocenters. The minimum absolute atomic E-state index is 0.309. The molecule has 0 radical (unpaired) electrons. The molecule has 2 aromatic rings. The third-order valence-electron chi connectivity index (χ3n) is 3.56. The van der Waals surface area contributed by atoms with E-state index in [9.17, 15) is 4.79 Å². The summed E-state index contributed by atoms with van der Waals surface area (Å²) in [5.74, 6) is -0.309. The highest BCUT2D eigenvalue weighted by atomic mass is 16.5. The Labute approximate surface area is 126 Å². The van der Waals surface area contributed by atoms with E-state index in [1.165, 1.54) is 7.11 Å². The number of hydrogen-bond donors (Lipinski definition) is 1. The Hall–Kier alpha value is -2.29. The van der Waals surface area contributed by atoms with Gasteiger partial charge in [-0.05, 0) is 38.5 Å². The molecule has 0 spiro atoms. The number of anilines is 1. The summed E-state index contributed by atoms with van der Waals surface area (Å²) >= 11 is 0. The van der Waals surface area contributed by atoms with Crippen LogP contribution in [0.25, 0.3) is 0 Å². The van der Waals surface area contributed by atoms with Crippen LogP contribution in [0.15, 0.2) is 48.5 Å². The quantitative estimate of drug-likeness (QED) is 0.867. The van der Waals surface area contributed by atoms with Crippen molar-refractivity contribution in [1.82, 2.24) is 0 Å². The van der Waals surface area contributed by atoms with E-state index in [-0.39, 0.29) is 5.97 Å². The SMILES string of the molecule is COC(=O)C(C)(Nc1ccccc1)c1cc(C)cc(C)c1. The van der Waals surface area contributed by atoms with Gasteiger partial charge in [-0.25, -0.2) is 4.79 Å². The summed E-state index contributed by atoms with van der Waals surface area (Å²) in [5, 5.41) is 3.30. The zero-order valence-electron chi connectivity index (χ0n) is 12.9. The predicted octanol–water partition coefficient (Wildman–Crippen LogP) is 3.80. The average molecular weight is 283 g/mol. The third kappa shape index (κ3) is 3.24. The molecule has 0 saturated heterocycles. The normalized spacial score (nSPS) is 13.3.